The second-order valence-electron chi connectivity index (χ2n) is 6.23. The largest absolute Gasteiger partial charge is 0.464 e. The number of rotatable bonds is 10. The molecule has 0 saturated carbocycles. The molecule has 0 amide bonds. The third-order valence-electron chi connectivity index (χ3n) is 3.37. The Bertz CT molecular complexity index is 371. The van der Waals surface area contributed by atoms with Gasteiger partial charge in [-0.05, 0) is 37.8 Å². The summed E-state index contributed by atoms with van der Waals surface area (Å²) in [5.41, 5.74) is 1.24. The van der Waals surface area contributed by atoms with Gasteiger partial charge >= 0.3 is 0 Å². The number of aryl methyl sites for hydroxylation is 1. The summed E-state index contributed by atoms with van der Waals surface area (Å²) in [6.07, 6.45) is 2.44. The summed E-state index contributed by atoms with van der Waals surface area (Å²) in [7, 11) is 0. The van der Waals surface area contributed by atoms with Crippen LogP contribution in [0, 0.1) is 18.8 Å². The molecule has 1 aromatic rings. The highest BCUT2D eigenvalue weighted by Crippen LogP contribution is 2.16. The van der Waals surface area contributed by atoms with E-state index < -0.39 is 0 Å². The number of furan rings is 1. The Morgan fingerprint density at radius 2 is 2.05 bits per heavy atom. The molecule has 1 N–H and O–H groups in total. The fourth-order valence-electron chi connectivity index (χ4n) is 2.27. The Balaban J connectivity index is 2.33. The molecular weight excluding hydrogens is 250 g/mol. The van der Waals surface area contributed by atoms with Gasteiger partial charge < -0.3 is 14.5 Å². The molecule has 0 spiro atoms. The summed E-state index contributed by atoms with van der Waals surface area (Å²) in [5.74, 6) is 3.24. The van der Waals surface area contributed by atoms with Crippen molar-refractivity contribution in [2.24, 2.45) is 11.8 Å². The Hall–Kier alpha value is -0.800. The van der Waals surface area contributed by atoms with E-state index in [0.717, 1.165) is 31.2 Å². The average Bonchev–Trinajstić information content (AvgIpc) is 2.70. The first kappa shape index (κ1) is 17.3. The first-order chi connectivity index (χ1) is 9.52. The van der Waals surface area contributed by atoms with E-state index in [9.17, 15) is 0 Å². The molecule has 116 valence electrons. The van der Waals surface area contributed by atoms with Crippen molar-refractivity contribution in [3.63, 3.8) is 0 Å². The SMILES string of the molecule is CCCC(C)COCc1cc(CNCC(C)C)c(C)o1. The molecule has 1 aromatic heterocycles. The van der Waals surface area contributed by atoms with Crippen LogP contribution in [0.15, 0.2) is 10.5 Å². The molecule has 1 atom stereocenters. The highest BCUT2D eigenvalue weighted by Gasteiger charge is 2.08. The van der Waals surface area contributed by atoms with Crippen LogP contribution >= 0.6 is 0 Å². The smallest absolute Gasteiger partial charge is 0.130 e. The van der Waals surface area contributed by atoms with Crippen LogP contribution in [0.3, 0.4) is 0 Å². The van der Waals surface area contributed by atoms with Gasteiger partial charge in [0.05, 0.1) is 0 Å². The van der Waals surface area contributed by atoms with Gasteiger partial charge in [-0.2, -0.15) is 0 Å². The van der Waals surface area contributed by atoms with Gasteiger partial charge in [0.25, 0.3) is 0 Å². The third-order valence-corrected chi connectivity index (χ3v) is 3.37. The van der Waals surface area contributed by atoms with E-state index in [2.05, 4.69) is 39.1 Å². The Morgan fingerprint density at radius 1 is 1.30 bits per heavy atom. The van der Waals surface area contributed by atoms with Crippen molar-refractivity contribution in [3.8, 4) is 0 Å². The van der Waals surface area contributed by atoms with Gasteiger partial charge in [0.1, 0.15) is 18.1 Å². The molecule has 0 fully saturated rings. The van der Waals surface area contributed by atoms with Crippen molar-refractivity contribution in [1.82, 2.24) is 5.32 Å². The van der Waals surface area contributed by atoms with Gasteiger partial charge in [-0.3, -0.25) is 0 Å². The Kier molecular flexibility index (Phi) is 7.93. The summed E-state index contributed by atoms with van der Waals surface area (Å²) in [4.78, 5) is 0. The molecule has 1 unspecified atom stereocenters. The topological polar surface area (TPSA) is 34.4 Å². The Labute approximate surface area is 124 Å². The number of ether oxygens (including phenoxy) is 1. The predicted molar refractivity (Wildman–Crippen MR) is 83.7 cm³/mol. The summed E-state index contributed by atoms with van der Waals surface area (Å²) in [6.45, 7) is 14.2. The van der Waals surface area contributed by atoms with Crippen molar-refractivity contribution in [2.45, 2.75) is 60.6 Å². The lowest BCUT2D eigenvalue weighted by atomic mass is 10.1. The van der Waals surface area contributed by atoms with Gasteiger partial charge in [0.15, 0.2) is 0 Å². The van der Waals surface area contributed by atoms with Gasteiger partial charge in [0, 0.05) is 18.7 Å². The molecule has 0 radical (unpaired) electrons. The van der Waals surface area contributed by atoms with Gasteiger partial charge in [-0.25, -0.2) is 0 Å². The van der Waals surface area contributed by atoms with Gasteiger partial charge in [0.2, 0.25) is 0 Å². The lowest BCUT2D eigenvalue weighted by Crippen LogP contribution is -2.18. The maximum atomic E-state index is 5.75. The molecule has 1 rings (SSSR count). The summed E-state index contributed by atoms with van der Waals surface area (Å²) < 4.78 is 11.5. The van der Waals surface area contributed by atoms with Crippen LogP contribution in [0.5, 0.6) is 0 Å². The maximum absolute atomic E-state index is 5.75. The molecule has 0 aliphatic carbocycles. The van der Waals surface area contributed by atoms with Crippen molar-refractivity contribution in [2.75, 3.05) is 13.2 Å². The van der Waals surface area contributed by atoms with Crippen LogP contribution in [-0.4, -0.2) is 13.2 Å². The molecule has 0 aromatic carbocycles. The first-order valence-corrected chi connectivity index (χ1v) is 7.89. The molecule has 1 heterocycles. The van der Waals surface area contributed by atoms with E-state index in [1.165, 1.54) is 18.4 Å². The zero-order chi connectivity index (χ0) is 15.0. The van der Waals surface area contributed by atoms with E-state index >= 15 is 0 Å². The zero-order valence-corrected chi connectivity index (χ0v) is 13.8. The van der Waals surface area contributed by atoms with Crippen LogP contribution in [0.2, 0.25) is 0 Å². The van der Waals surface area contributed by atoms with Crippen molar-refractivity contribution in [1.29, 1.82) is 0 Å². The van der Waals surface area contributed by atoms with Gasteiger partial charge in [-0.15, -0.1) is 0 Å². The van der Waals surface area contributed by atoms with Crippen molar-refractivity contribution < 1.29 is 9.15 Å². The van der Waals surface area contributed by atoms with Crippen LogP contribution < -0.4 is 5.32 Å². The van der Waals surface area contributed by atoms with Crippen LogP contribution in [0.25, 0.3) is 0 Å². The van der Waals surface area contributed by atoms with Crippen LogP contribution in [0.1, 0.15) is 57.6 Å². The van der Waals surface area contributed by atoms with E-state index in [4.69, 9.17) is 9.15 Å². The van der Waals surface area contributed by atoms with E-state index in [1.807, 2.05) is 6.92 Å². The van der Waals surface area contributed by atoms with Crippen LogP contribution in [0.4, 0.5) is 0 Å². The van der Waals surface area contributed by atoms with Crippen molar-refractivity contribution >= 4 is 0 Å². The van der Waals surface area contributed by atoms with Gasteiger partial charge in [-0.1, -0.05) is 34.1 Å². The minimum absolute atomic E-state index is 0.582. The third kappa shape index (κ3) is 6.58. The minimum atomic E-state index is 0.582. The lowest BCUT2D eigenvalue weighted by Gasteiger charge is -2.09. The molecule has 3 nitrogen and oxygen atoms in total. The minimum Gasteiger partial charge on any atom is -0.464 e. The second-order valence-corrected chi connectivity index (χ2v) is 6.23. The first-order valence-electron chi connectivity index (χ1n) is 7.89. The van der Waals surface area contributed by atoms with Crippen molar-refractivity contribution in [3.05, 3.63) is 23.2 Å². The molecule has 3 heteroatoms. The maximum Gasteiger partial charge on any atom is 0.130 e. The Morgan fingerprint density at radius 3 is 2.70 bits per heavy atom. The zero-order valence-electron chi connectivity index (χ0n) is 13.8. The fourth-order valence-corrected chi connectivity index (χ4v) is 2.27. The fraction of sp³-hybridized carbons (Fsp3) is 0.765. The quantitative estimate of drug-likeness (QED) is 0.695. The molecule has 0 bridgehead atoms. The van der Waals surface area contributed by atoms with Crippen LogP contribution in [-0.2, 0) is 17.9 Å². The molecular formula is C17H31NO2. The highest BCUT2D eigenvalue weighted by atomic mass is 16.5. The average molecular weight is 281 g/mol. The highest BCUT2D eigenvalue weighted by molar-refractivity contribution is 5.20. The standard InChI is InChI=1S/C17H31NO2/c1-6-7-14(4)11-19-12-17-8-16(15(5)20-17)10-18-9-13(2)3/h8,13-14,18H,6-7,9-12H2,1-5H3. The van der Waals surface area contributed by atoms with E-state index in [-0.39, 0.29) is 0 Å². The van der Waals surface area contributed by atoms with E-state index in [0.29, 0.717) is 18.4 Å². The molecule has 0 aliphatic rings. The monoisotopic (exact) mass is 281 g/mol. The lowest BCUT2D eigenvalue weighted by molar-refractivity contribution is 0.0771. The number of hydrogen-bond acceptors (Lipinski definition) is 3. The number of nitrogens with one attached hydrogen (secondary N) is 1. The second kappa shape index (κ2) is 9.19. The molecule has 20 heavy (non-hydrogen) atoms. The summed E-state index contributed by atoms with van der Waals surface area (Å²) in [5, 5.41) is 3.45. The predicted octanol–water partition coefficient (Wildman–Crippen LogP) is 4.29. The molecule has 0 aliphatic heterocycles. The normalized spacial score (nSPS) is 13.1. The number of hydrogen-bond donors (Lipinski definition) is 1. The summed E-state index contributed by atoms with van der Waals surface area (Å²) >= 11 is 0. The summed E-state index contributed by atoms with van der Waals surface area (Å²) in [6, 6.07) is 2.12. The van der Waals surface area contributed by atoms with E-state index in [1.54, 1.807) is 0 Å². The molecule has 0 saturated heterocycles.